The van der Waals surface area contributed by atoms with Crippen LogP contribution in [0.25, 0.3) is 17.1 Å². The SMILES string of the molecule is CCC(F)=CC=C(C)c1nc(-c2ncc(C)cn2)co1. The zero-order chi connectivity index (χ0) is 14.5. The van der Waals surface area contributed by atoms with Crippen LogP contribution in [-0.2, 0) is 0 Å². The van der Waals surface area contributed by atoms with Crippen molar-refractivity contribution in [3.8, 4) is 11.5 Å². The Morgan fingerprint density at radius 1 is 1.30 bits per heavy atom. The summed E-state index contributed by atoms with van der Waals surface area (Å²) >= 11 is 0. The normalized spacial score (nSPS) is 12.8. The first-order chi connectivity index (χ1) is 9.60. The minimum absolute atomic E-state index is 0.182. The average Bonchev–Trinajstić information content (AvgIpc) is 2.95. The van der Waals surface area contributed by atoms with Gasteiger partial charge in [-0.2, -0.15) is 0 Å². The molecule has 0 aromatic carbocycles. The van der Waals surface area contributed by atoms with E-state index in [4.69, 9.17) is 4.42 Å². The summed E-state index contributed by atoms with van der Waals surface area (Å²) in [6.45, 7) is 5.48. The molecule has 0 atom stereocenters. The van der Waals surface area contributed by atoms with E-state index < -0.39 is 0 Å². The Labute approximate surface area is 117 Å². The minimum atomic E-state index is -0.182. The maximum atomic E-state index is 13.1. The van der Waals surface area contributed by atoms with E-state index in [1.165, 1.54) is 12.3 Å². The molecule has 20 heavy (non-hydrogen) atoms. The highest BCUT2D eigenvalue weighted by atomic mass is 19.1. The second-order valence-corrected chi connectivity index (χ2v) is 4.44. The summed E-state index contributed by atoms with van der Waals surface area (Å²) < 4.78 is 18.4. The Hall–Kier alpha value is -2.30. The molecule has 0 fully saturated rings. The van der Waals surface area contributed by atoms with Gasteiger partial charge in [0.2, 0.25) is 5.89 Å². The molecule has 0 saturated heterocycles. The van der Waals surface area contributed by atoms with Crippen molar-refractivity contribution < 1.29 is 8.81 Å². The van der Waals surface area contributed by atoms with Crippen LogP contribution in [0.2, 0.25) is 0 Å². The van der Waals surface area contributed by atoms with Crippen molar-refractivity contribution in [2.75, 3.05) is 0 Å². The van der Waals surface area contributed by atoms with E-state index in [0.717, 1.165) is 11.1 Å². The first-order valence-corrected chi connectivity index (χ1v) is 6.38. The highest BCUT2D eigenvalue weighted by Gasteiger charge is 2.09. The number of nitrogens with zero attached hydrogens (tertiary/aromatic N) is 3. The first kappa shape index (κ1) is 14.1. The van der Waals surface area contributed by atoms with Gasteiger partial charge in [0.15, 0.2) is 5.82 Å². The molecule has 2 aromatic rings. The predicted octanol–water partition coefficient (Wildman–Crippen LogP) is 4.11. The van der Waals surface area contributed by atoms with Crippen molar-refractivity contribution >= 4 is 5.57 Å². The highest BCUT2D eigenvalue weighted by molar-refractivity contribution is 5.60. The summed E-state index contributed by atoms with van der Waals surface area (Å²) in [7, 11) is 0. The number of hydrogen-bond donors (Lipinski definition) is 0. The van der Waals surface area contributed by atoms with Crippen molar-refractivity contribution in [1.29, 1.82) is 0 Å². The van der Waals surface area contributed by atoms with Crippen molar-refractivity contribution in [3.63, 3.8) is 0 Å². The zero-order valence-electron chi connectivity index (χ0n) is 11.7. The third-order valence-electron chi connectivity index (χ3n) is 2.70. The van der Waals surface area contributed by atoms with Crippen molar-refractivity contribution in [1.82, 2.24) is 15.0 Å². The summed E-state index contributed by atoms with van der Waals surface area (Å²) in [5, 5.41) is 0. The van der Waals surface area contributed by atoms with Gasteiger partial charge in [0.05, 0.1) is 5.83 Å². The molecule has 2 aromatic heterocycles. The molecule has 104 valence electrons. The molecule has 4 nitrogen and oxygen atoms in total. The summed E-state index contributed by atoms with van der Waals surface area (Å²) in [6, 6.07) is 0. The predicted molar refractivity (Wildman–Crippen MR) is 75.4 cm³/mol. The van der Waals surface area contributed by atoms with Crippen LogP contribution in [-0.4, -0.2) is 15.0 Å². The largest absolute Gasteiger partial charge is 0.444 e. The third-order valence-corrected chi connectivity index (χ3v) is 2.70. The summed E-state index contributed by atoms with van der Waals surface area (Å²) in [4.78, 5) is 12.7. The van der Waals surface area contributed by atoms with Gasteiger partial charge in [0.25, 0.3) is 0 Å². The van der Waals surface area contributed by atoms with E-state index >= 15 is 0 Å². The topological polar surface area (TPSA) is 51.8 Å². The number of rotatable bonds is 4. The smallest absolute Gasteiger partial charge is 0.222 e. The van der Waals surface area contributed by atoms with Crippen LogP contribution >= 0.6 is 0 Å². The van der Waals surface area contributed by atoms with Gasteiger partial charge in [-0.05, 0) is 31.9 Å². The molecule has 0 bridgehead atoms. The minimum Gasteiger partial charge on any atom is -0.444 e. The van der Waals surface area contributed by atoms with Gasteiger partial charge in [0, 0.05) is 18.0 Å². The van der Waals surface area contributed by atoms with Gasteiger partial charge in [0.1, 0.15) is 12.0 Å². The lowest BCUT2D eigenvalue weighted by atomic mass is 10.2. The summed E-state index contributed by atoms with van der Waals surface area (Å²) in [6.07, 6.45) is 8.37. The molecular formula is C15H16FN3O. The lowest BCUT2D eigenvalue weighted by molar-refractivity contribution is 0.542. The molecule has 2 rings (SSSR count). The highest BCUT2D eigenvalue weighted by Crippen LogP contribution is 2.19. The molecule has 0 N–H and O–H groups in total. The van der Waals surface area contributed by atoms with Crippen LogP contribution < -0.4 is 0 Å². The molecule has 0 unspecified atom stereocenters. The van der Waals surface area contributed by atoms with Crippen LogP contribution in [0.1, 0.15) is 31.7 Å². The molecule has 0 amide bonds. The first-order valence-electron chi connectivity index (χ1n) is 6.38. The number of halogens is 1. The fraction of sp³-hybridized carbons (Fsp3) is 0.267. The Bertz CT molecular complexity index is 641. The van der Waals surface area contributed by atoms with Gasteiger partial charge in [-0.25, -0.2) is 19.3 Å². The molecule has 0 aliphatic carbocycles. The van der Waals surface area contributed by atoms with Crippen molar-refractivity contribution in [2.45, 2.75) is 27.2 Å². The van der Waals surface area contributed by atoms with E-state index in [1.807, 2.05) is 13.8 Å². The Morgan fingerprint density at radius 3 is 2.65 bits per heavy atom. The van der Waals surface area contributed by atoms with Crippen LogP contribution in [0.5, 0.6) is 0 Å². The molecule has 0 radical (unpaired) electrons. The van der Waals surface area contributed by atoms with Crippen molar-refractivity contribution in [2.24, 2.45) is 0 Å². The number of aryl methyl sites for hydroxylation is 1. The second-order valence-electron chi connectivity index (χ2n) is 4.44. The molecule has 0 aliphatic rings. The van der Waals surface area contributed by atoms with E-state index in [0.29, 0.717) is 23.8 Å². The lowest BCUT2D eigenvalue weighted by Crippen LogP contribution is -1.89. The van der Waals surface area contributed by atoms with Gasteiger partial charge < -0.3 is 4.42 Å². The van der Waals surface area contributed by atoms with E-state index in [-0.39, 0.29) is 5.83 Å². The number of hydrogen-bond acceptors (Lipinski definition) is 4. The van der Waals surface area contributed by atoms with Crippen LogP contribution in [0, 0.1) is 6.92 Å². The fourth-order valence-corrected chi connectivity index (χ4v) is 1.49. The lowest BCUT2D eigenvalue weighted by Gasteiger charge is -1.94. The monoisotopic (exact) mass is 273 g/mol. The Balaban J connectivity index is 2.22. The van der Waals surface area contributed by atoms with E-state index in [9.17, 15) is 4.39 Å². The number of oxazole rings is 1. The summed E-state index contributed by atoms with van der Waals surface area (Å²) in [5.74, 6) is 0.760. The maximum Gasteiger partial charge on any atom is 0.222 e. The molecule has 2 heterocycles. The standard InChI is InChI=1S/C15H16FN3O/c1-4-12(16)6-5-11(3)15-19-13(9-20-15)14-17-7-10(2)8-18-14/h5-9H,4H2,1-3H3. The molecule has 0 spiro atoms. The maximum absolute atomic E-state index is 13.1. The Kier molecular flexibility index (Phi) is 4.40. The molecule has 0 saturated carbocycles. The summed E-state index contributed by atoms with van der Waals surface area (Å²) in [5.41, 5.74) is 2.29. The molecule has 0 aliphatic heterocycles. The quantitative estimate of drug-likeness (QED) is 0.787. The van der Waals surface area contributed by atoms with Crippen LogP contribution in [0.3, 0.4) is 0 Å². The second kappa shape index (κ2) is 6.23. The van der Waals surface area contributed by atoms with Crippen LogP contribution in [0.15, 0.2) is 41.1 Å². The zero-order valence-corrected chi connectivity index (χ0v) is 11.7. The van der Waals surface area contributed by atoms with E-state index in [1.54, 1.807) is 25.4 Å². The Morgan fingerprint density at radius 2 is 2.00 bits per heavy atom. The molecular weight excluding hydrogens is 257 g/mol. The number of allylic oxidation sites excluding steroid dienone is 4. The molecule has 5 heteroatoms. The van der Waals surface area contributed by atoms with Crippen molar-refractivity contribution in [3.05, 3.63) is 48.1 Å². The van der Waals surface area contributed by atoms with E-state index in [2.05, 4.69) is 15.0 Å². The third kappa shape index (κ3) is 3.38. The van der Waals surface area contributed by atoms with Gasteiger partial charge >= 0.3 is 0 Å². The van der Waals surface area contributed by atoms with Gasteiger partial charge in [-0.3, -0.25) is 0 Å². The van der Waals surface area contributed by atoms with Gasteiger partial charge in [-0.1, -0.05) is 13.0 Å². The van der Waals surface area contributed by atoms with Crippen LogP contribution in [0.4, 0.5) is 4.39 Å². The van der Waals surface area contributed by atoms with Gasteiger partial charge in [-0.15, -0.1) is 0 Å². The average molecular weight is 273 g/mol. The fourth-order valence-electron chi connectivity index (χ4n) is 1.49. The number of aromatic nitrogens is 3.